The zero-order valence-electron chi connectivity index (χ0n) is 16.3. The second-order valence-corrected chi connectivity index (χ2v) is 7.22. The van der Waals surface area contributed by atoms with Crippen molar-refractivity contribution in [1.29, 1.82) is 0 Å². The largest absolute Gasteiger partial charge is 0.363 e. The molecule has 1 aliphatic carbocycles. The molecule has 1 heterocycles. The van der Waals surface area contributed by atoms with E-state index >= 15 is 0 Å². The second kappa shape index (κ2) is 8.37. The highest BCUT2D eigenvalue weighted by Gasteiger charge is 2.44. The normalized spacial score (nSPS) is 15.3. The van der Waals surface area contributed by atoms with Gasteiger partial charge < -0.3 is 15.5 Å². The van der Waals surface area contributed by atoms with Crippen LogP contribution in [0.25, 0.3) is 0 Å². The molecule has 3 rings (SSSR count). The van der Waals surface area contributed by atoms with Crippen molar-refractivity contribution in [3.05, 3.63) is 59.5 Å². The number of nitrogens with one attached hydrogen (secondary N) is 2. The Morgan fingerprint density at radius 2 is 1.96 bits per heavy atom. The van der Waals surface area contributed by atoms with E-state index in [2.05, 4.69) is 20.6 Å². The molecular weight excluding hydrogens is 341 g/mol. The van der Waals surface area contributed by atoms with E-state index in [1.54, 1.807) is 12.1 Å². The molecule has 0 bridgehead atoms. The number of halogens is 1. The zero-order chi connectivity index (χ0) is 19.3. The van der Waals surface area contributed by atoms with Gasteiger partial charge in [0.1, 0.15) is 11.6 Å². The van der Waals surface area contributed by atoms with Gasteiger partial charge in [0.25, 0.3) is 0 Å². The highest BCUT2D eigenvalue weighted by Crippen LogP contribution is 2.47. The van der Waals surface area contributed by atoms with Crippen molar-refractivity contribution in [2.45, 2.75) is 31.7 Å². The van der Waals surface area contributed by atoms with E-state index < -0.39 is 0 Å². The van der Waals surface area contributed by atoms with Gasteiger partial charge in [-0.2, -0.15) is 0 Å². The molecule has 1 aromatic heterocycles. The summed E-state index contributed by atoms with van der Waals surface area (Å²) in [6.45, 7) is 4.07. The van der Waals surface area contributed by atoms with Gasteiger partial charge in [-0.25, -0.2) is 14.4 Å². The maximum absolute atomic E-state index is 13.6. The molecule has 6 heteroatoms. The minimum atomic E-state index is -0.175. The summed E-state index contributed by atoms with van der Waals surface area (Å²) in [7, 11) is 3.95. The first-order valence-electron chi connectivity index (χ1n) is 9.44. The number of benzene rings is 1. The van der Waals surface area contributed by atoms with Crippen LogP contribution in [-0.2, 0) is 12.0 Å². The molecule has 27 heavy (non-hydrogen) atoms. The van der Waals surface area contributed by atoms with Gasteiger partial charge in [0, 0.05) is 32.6 Å². The third-order valence-electron chi connectivity index (χ3n) is 4.88. The minimum absolute atomic E-state index is 0.0153. The number of aromatic nitrogens is 1. The lowest BCUT2D eigenvalue weighted by atomic mass is 9.96. The molecule has 0 unspecified atom stereocenters. The molecule has 0 spiro atoms. The van der Waals surface area contributed by atoms with Crippen LogP contribution in [0, 0.1) is 5.82 Å². The minimum Gasteiger partial charge on any atom is -0.363 e. The number of rotatable bonds is 7. The number of nitrogens with zero attached hydrogens (tertiary/aromatic N) is 3. The van der Waals surface area contributed by atoms with Gasteiger partial charge in [-0.05, 0) is 49.6 Å². The molecule has 2 aromatic rings. The van der Waals surface area contributed by atoms with Gasteiger partial charge in [0.2, 0.25) is 0 Å². The SMILES string of the molecule is CCNC(=NCc1cccc(N(C)C)n1)NCC1(c2cccc(F)c2)CC1. The van der Waals surface area contributed by atoms with Crippen molar-refractivity contribution in [3.63, 3.8) is 0 Å². The van der Waals surface area contributed by atoms with Crippen LogP contribution >= 0.6 is 0 Å². The average Bonchev–Trinajstić information content (AvgIpc) is 3.45. The Balaban J connectivity index is 1.65. The number of hydrogen-bond donors (Lipinski definition) is 2. The standard InChI is InChI=1S/C21H28FN5/c1-4-23-20(24-14-18-9-6-10-19(26-18)27(2)3)25-15-21(11-12-21)16-7-5-8-17(22)13-16/h5-10,13H,4,11-12,14-15H2,1-3H3,(H2,23,24,25). The molecule has 1 aliphatic rings. The van der Waals surface area contributed by atoms with Gasteiger partial charge in [-0.15, -0.1) is 0 Å². The quantitative estimate of drug-likeness (QED) is 0.582. The van der Waals surface area contributed by atoms with Crippen molar-refractivity contribution in [3.8, 4) is 0 Å². The number of aliphatic imine (C=N–C) groups is 1. The maximum atomic E-state index is 13.6. The Bertz CT molecular complexity index is 799. The fourth-order valence-corrected chi connectivity index (χ4v) is 3.10. The summed E-state index contributed by atoms with van der Waals surface area (Å²) >= 11 is 0. The number of guanidine groups is 1. The predicted octanol–water partition coefficient (Wildman–Crippen LogP) is 3.07. The smallest absolute Gasteiger partial charge is 0.191 e. The first-order chi connectivity index (χ1) is 13.0. The van der Waals surface area contributed by atoms with E-state index in [4.69, 9.17) is 0 Å². The van der Waals surface area contributed by atoms with Gasteiger partial charge in [-0.3, -0.25) is 0 Å². The molecule has 1 aromatic carbocycles. The summed E-state index contributed by atoms with van der Waals surface area (Å²) < 4.78 is 13.6. The van der Waals surface area contributed by atoms with Crippen molar-refractivity contribution >= 4 is 11.8 Å². The predicted molar refractivity (Wildman–Crippen MR) is 109 cm³/mol. The molecule has 0 aliphatic heterocycles. The van der Waals surface area contributed by atoms with Crippen LogP contribution in [0.5, 0.6) is 0 Å². The molecule has 0 atom stereocenters. The molecule has 1 saturated carbocycles. The third-order valence-corrected chi connectivity index (χ3v) is 4.88. The number of pyridine rings is 1. The van der Waals surface area contributed by atoms with E-state index in [-0.39, 0.29) is 11.2 Å². The molecule has 2 N–H and O–H groups in total. The summed E-state index contributed by atoms with van der Waals surface area (Å²) in [6.07, 6.45) is 2.13. The van der Waals surface area contributed by atoms with Crippen molar-refractivity contribution < 1.29 is 4.39 Å². The van der Waals surface area contributed by atoms with Crippen molar-refractivity contribution in [1.82, 2.24) is 15.6 Å². The topological polar surface area (TPSA) is 52.6 Å². The van der Waals surface area contributed by atoms with Crippen LogP contribution in [0.2, 0.25) is 0 Å². The molecular formula is C21H28FN5. The lowest BCUT2D eigenvalue weighted by Gasteiger charge is -2.19. The maximum Gasteiger partial charge on any atom is 0.191 e. The van der Waals surface area contributed by atoms with Crippen LogP contribution < -0.4 is 15.5 Å². The van der Waals surface area contributed by atoms with Crippen molar-refractivity contribution in [2.75, 3.05) is 32.1 Å². The van der Waals surface area contributed by atoms with Crippen molar-refractivity contribution in [2.24, 2.45) is 4.99 Å². The summed E-state index contributed by atoms with van der Waals surface area (Å²) in [5, 5.41) is 6.71. The summed E-state index contributed by atoms with van der Waals surface area (Å²) in [5.41, 5.74) is 2.00. The molecule has 0 amide bonds. The number of hydrogen-bond acceptors (Lipinski definition) is 3. The molecule has 0 saturated heterocycles. The summed E-state index contributed by atoms with van der Waals surface area (Å²) in [6, 6.07) is 12.9. The lowest BCUT2D eigenvalue weighted by molar-refractivity contribution is 0.607. The molecule has 5 nitrogen and oxygen atoms in total. The fourth-order valence-electron chi connectivity index (χ4n) is 3.10. The second-order valence-electron chi connectivity index (χ2n) is 7.22. The van der Waals surface area contributed by atoms with E-state index in [0.717, 1.165) is 49.0 Å². The van der Waals surface area contributed by atoms with Gasteiger partial charge in [-0.1, -0.05) is 18.2 Å². The Hall–Kier alpha value is -2.63. The highest BCUT2D eigenvalue weighted by atomic mass is 19.1. The summed E-state index contributed by atoms with van der Waals surface area (Å²) in [5.74, 6) is 1.51. The Kier molecular flexibility index (Phi) is 5.94. The van der Waals surface area contributed by atoms with Crippen LogP contribution in [0.3, 0.4) is 0 Å². The zero-order valence-corrected chi connectivity index (χ0v) is 16.3. The lowest BCUT2D eigenvalue weighted by Crippen LogP contribution is -2.41. The molecule has 144 valence electrons. The van der Waals surface area contributed by atoms with E-state index in [0.29, 0.717) is 6.54 Å². The molecule has 0 radical (unpaired) electrons. The molecule has 1 fully saturated rings. The average molecular weight is 369 g/mol. The highest BCUT2D eigenvalue weighted by molar-refractivity contribution is 5.80. The van der Waals surface area contributed by atoms with E-state index in [9.17, 15) is 4.39 Å². The van der Waals surface area contributed by atoms with Crippen LogP contribution in [-0.4, -0.2) is 38.1 Å². The Morgan fingerprint density at radius 1 is 1.19 bits per heavy atom. The number of anilines is 1. The fraction of sp³-hybridized carbons (Fsp3) is 0.429. The van der Waals surface area contributed by atoms with Gasteiger partial charge in [0.05, 0.1) is 12.2 Å². The first-order valence-corrected chi connectivity index (χ1v) is 9.44. The van der Waals surface area contributed by atoms with E-state index in [1.807, 2.05) is 50.2 Å². The van der Waals surface area contributed by atoms with Crippen LogP contribution in [0.15, 0.2) is 47.5 Å². The Labute approximate surface area is 160 Å². The third kappa shape index (κ3) is 4.96. The van der Waals surface area contributed by atoms with Crippen LogP contribution in [0.1, 0.15) is 31.0 Å². The first kappa shape index (κ1) is 19.1. The monoisotopic (exact) mass is 369 g/mol. The van der Waals surface area contributed by atoms with E-state index in [1.165, 1.54) is 6.07 Å². The Morgan fingerprint density at radius 3 is 2.63 bits per heavy atom. The van der Waals surface area contributed by atoms with Crippen LogP contribution in [0.4, 0.5) is 10.2 Å². The van der Waals surface area contributed by atoms with Gasteiger partial charge >= 0.3 is 0 Å². The summed E-state index contributed by atoms with van der Waals surface area (Å²) in [4.78, 5) is 11.2. The van der Waals surface area contributed by atoms with Gasteiger partial charge in [0.15, 0.2) is 5.96 Å².